The molecule has 4 rings (SSSR count). The minimum Gasteiger partial charge on any atom is -0.459 e. The zero-order valence-electron chi connectivity index (χ0n) is 22.0. The third-order valence-corrected chi connectivity index (χ3v) is 8.05. The maximum absolute atomic E-state index is 13.9. The average molecular weight is 487 g/mol. The number of hydrogen-bond donors (Lipinski definition) is 0. The zero-order chi connectivity index (χ0) is 25.3. The van der Waals surface area contributed by atoms with Crippen LogP contribution in [0, 0.1) is 22.7 Å². The molecule has 0 bridgehead atoms. The van der Waals surface area contributed by atoms with Crippen molar-refractivity contribution in [3.8, 4) is 0 Å². The van der Waals surface area contributed by atoms with Crippen LogP contribution in [-0.2, 0) is 35.1 Å². The minimum atomic E-state index is -0.797. The summed E-state index contributed by atoms with van der Waals surface area (Å²) in [5, 5.41) is 0. The normalized spacial score (nSPS) is 33.2. The maximum atomic E-state index is 13.9. The van der Waals surface area contributed by atoms with Crippen LogP contribution in [-0.4, -0.2) is 43.0 Å². The molecule has 0 aromatic heterocycles. The van der Waals surface area contributed by atoms with E-state index < -0.39 is 11.0 Å². The highest BCUT2D eigenvalue weighted by atomic mass is 16.7. The molecule has 0 amide bonds. The van der Waals surface area contributed by atoms with Crippen LogP contribution in [0.3, 0.4) is 0 Å². The number of esters is 1. The van der Waals surface area contributed by atoms with E-state index in [1.165, 1.54) is 0 Å². The van der Waals surface area contributed by atoms with Gasteiger partial charge in [0.2, 0.25) is 0 Å². The molecule has 5 atom stereocenters. The number of benzene rings is 1. The molecule has 1 spiro atoms. The first-order chi connectivity index (χ1) is 16.6. The van der Waals surface area contributed by atoms with Gasteiger partial charge in [-0.05, 0) is 65.4 Å². The Labute approximate surface area is 210 Å². The molecule has 1 saturated heterocycles. The van der Waals surface area contributed by atoms with Gasteiger partial charge in [0.1, 0.15) is 11.4 Å². The molecule has 0 radical (unpaired) electrons. The summed E-state index contributed by atoms with van der Waals surface area (Å²) in [7, 11) is 0. The lowest BCUT2D eigenvalue weighted by molar-refractivity contribution is -0.261. The van der Waals surface area contributed by atoms with Crippen molar-refractivity contribution in [3.05, 3.63) is 35.9 Å². The second-order valence-electron chi connectivity index (χ2n) is 12.0. The predicted octanol–water partition coefficient (Wildman–Crippen LogP) is 5.47. The monoisotopic (exact) mass is 486 g/mol. The molecular weight excluding hydrogens is 444 g/mol. The van der Waals surface area contributed by atoms with Gasteiger partial charge in [0, 0.05) is 24.2 Å². The maximum Gasteiger partial charge on any atom is 0.315 e. The molecule has 1 aromatic rings. The van der Waals surface area contributed by atoms with Crippen LogP contribution in [0.25, 0.3) is 0 Å². The van der Waals surface area contributed by atoms with Crippen LogP contribution < -0.4 is 0 Å². The van der Waals surface area contributed by atoms with Gasteiger partial charge < -0.3 is 18.9 Å². The number of carbonyl (C=O) groups is 2. The Morgan fingerprint density at radius 3 is 2.60 bits per heavy atom. The Hall–Kier alpha value is -1.76. The molecule has 2 aliphatic carbocycles. The highest BCUT2D eigenvalue weighted by Crippen LogP contribution is 2.62. The Morgan fingerprint density at radius 1 is 1.17 bits per heavy atom. The van der Waals surface area contributed by atoms with Gasteiger partial charge in [-0.1, -0.05) is 36.8 Å². The topological polar surface area (TPSA) is 71.1 Å². The number of ether oxygens (including phenoxy) is 4. The van der Waals surface area contributed by atoms with Crippen LogP contribution >= 0.6 is 0 Å². The molecule has 35 heavy (non-hydrogen) atoms. The van der Waals surface area contributed by atoms with E-state index in [0.717, 1.165) is 18.4 Å². The Kier molecular flexibility index (Phi) is 7.75. The van der Waals surface area contributed by atoms with E-state index in [4.69, 9.17) is 18.9 Å². The van der Waals surface area contributed by atoms with Gasteiger partial charge in [0.05, 0.1) is 31.3 Å². The number of rotatable bonds is 7. The Morgan fingerprint density at radius 2 is 1.91 bits per heavy atom. The van der Waals surface area contributed by atoms with Gasteiger partial charge >= 0.3 is 5.97 Å². The van der Waals surface area contributed by atoms with Crippen molar-refractivity contribution in [2.75, 3.05) is 13.2 Å². The number of hydrogen-bond acceptors (Lipinski definition) is 6. The summed E-state index contributed by atoms with van der Waals surface area (Å²) in [5.74, 6) is -0.102. The number of ketones is 1. The molecule has 1 heterocycles. The van der Waals surface area contributed by atoms with Crippen molar-refractivity contribution < 1.29 is 28.5 Å². The fraction of sp³-hybridized carbons (Fsp3) is 0.724. The van der Waals surface area contributed by atoms with Crippen LogP contribution in [0.15, 0.2) is 30.3 Å². The Bertz CT molecular complexity index is 890. The SMILES string of the molecule is CC(C)OC1C[C@H]2C(=O)CC[C@H]3[C@@](COCc4ccccc4)(C(=O)OC(C)(C)C)CCC[C@]23CO1. The van der Waals surface area contributed by atoms with E-state index in [-0.39, 0.29) is 48.0 Å². The summed E-state index contributed by atoms with van der Waals surface area (Å²) in [6.45, 7) is 10.9. The fourth-order valence-corrected chi connectivity index (χ4v) is 6.72. The standard InChI is InChI=1S/C29H42O6/c1-20(2)34-25-16-22-23(30)12-13-24-28(22,19-33-25)14-9-15-29(24,26(31)35-27(3,4)5)18-32-17-21-10-7-6-8-11-21/h6-8,10-11,20,22,24-25H,9,12-19H2,1-5H3/t22-,24+,25?,28-,29+/m0/s1. The summed E-state index contributed by atoms with van der Waals surface area (Å²) >= 11 is 0. The highest BCUT2D eigenvalue weighted by Gasteiger charge is 2.65. The van der Waals surface area contributed by atoms with Crippen LogP contribution in [0.4, 0.5) is 0 Å². The highest BCUT2D eigenvalue weighted by molar-refractivity contribution is 5.85. The minimum absolute atomic E-state index is 0.0298. The van der Waals surface area contributed by atoms with Gasteiger partial charge in [-0.3, -0.25) is 9.59 Å². The molecule has 6 heteroatoms. The summed E-state index contributed by atoms with van der Waals surface area (Å²) in [4.78, 5) is 27.2. The van der Waals surface area contributed by atoms with Crippen molar-refractivity contribution in [3.63, 3.8) is 0 Å². The van der Waals surface area contributed by atoms with Crippen LogP contribution in [0.1, 0.15) is 78.7 Å². The lowest BCUT2D eigenvalue weighted by Gasteiger charge is -2.60. The van der Waals surface area contributed by atoms with Crippen LogP contribution in [0.5, 0.6) is 0 Å². The quantitative estimate of drug-likeness (QED) is 0.476. The number of Topliss-reactive ketones (excluding diaryl/α,β-unsaturated/α-hetero) is 1. The molecule has 3 aliphatic rings. The smallest absolute Gasteiger partial charge is 0.315 e. The van der Waals surface area contributed by atoms with E-state index in [2.05, 4.69) is 0 Å². The molecule has 194 valence electrons. The average Bonchev–Trinajstić information content (AvgIpc) is 2.78. The second kappa shape index (κ2) is 10.3. The Balaban J connectivity index is 1.64. The zero-order valence-corrected chi connectivity index (χ0v) is 22.0. The first kappa shape index (κ1) is 26.3. The number of carbonyl (C=O) groups excluding carboxylic acids is 2. The summed E-state index contributed by atoms with van der Waals surface area (Å²) in [6.07, 6.45) is 3.79. The van der Waals surface area contributed by atoms with E-state index in [0.29, 0.717) is 38.9 Å². The van der Waals surface area contributed by atoms with Crippen molar-refractivity contribution in [2.24, 2.45) is 22.7 Å². The molecule has 1 unspecified atom stereocenters. The van der Waals surface area contributed by atoms with E-state index >= 15 is 0 Å². The largest absolute Gasteiger partial charge is 0.459 e. The molecule has 2 saturated carbocycles. The predicted molar refractivity (Wildman–Crippen MR) is 132 cm³/mol. The van der Waals surface area contributed by atoms with E-state index in [1.807, 2.05) is 65.0 Å². The van der Waals surface area contributed by atoms with Gasteiger partial charge in [0.25, 0.3) is 0 Å². The van der Waals surface area contributed by atoms with Gasteiger partial charge in [0.15, 0.2) is 6.29 Å². The summed E-state index contributed by atoms with van der Waals surface area (Å²) < 4.78 is 24.5. The van der Waals surface area contributed by atoms with Crippen LogP contribution in [0.2, 0.25) is 0 Å². The lowest BCUT2D eigenvalue weighted by Crippen LogP contribution is -2.63. The van der Waals surface area contributed by atoms with Gasteiger partial charge in [-0.15, -0.1) is 0 Å². The lowest BCUT2D eigenvalue weighted by atomic mass is 9.46. The molecule has 6 nitrogen and oxygen atoms in total. The first-order valence-electron chi connectivity index (χ1n) is 13.2. The molecule has 0 N–H and O–H groups in total. The fourth-order valence-electron chi connectivity index (χ4n) is 6.72. The molecule has 3 fully saturated rings. The van der Waals surface area contributed by atoms with E-state index in [9.17, 15) is 9.59 Å². The third kappa shape index (κ3) is 5.50. The van der Waals surface area contributed by atoms with Crippen molar-refractivity contribution in [1.82, 2.24) is 0 Å². The van der Waals surface area contributed by atoms with Gasteiger partial charge in [-0.2, -0.15) is 0 Å². The molecular formula is C29H42O6. The molecule has 1 aliphatic heterocycles. The summed E-state index contributed by atoms with van der Waals surface area (Å²) in [6, 6.07) is 10.0. The van der Waals surface area contributed by atoms with Crippen molar-refractivity contribution in [1.29, 1.82) is 0 Å². The van der Waals surface area contributed by atoms with E-state index in [1.54, 1.807) is 0 Å². The molecule has 1 aromatic carbocycles. The third-order valence-electron chi connectivity index (χ3n) is 8.05. The second-order valence-corrected chi connectivity index (χ2v) is 12.0. The first-order valence-corrected chi connectivity index (χ1v) is 13.2. The van der Waals surface area contributed by atoms with Crippen molar-refractivity contribution >= 4 is 11.8 Å². The summed E-state index contributed by atoms with van der Waals surface area (Å²) in [5.41, 5.74) is -0.702. The van der Waals surface area contributed by atoms with Gasteiger partial charge in [-0.25, -0.2) is 0 Å². The van der Waals surface area contributed by atoms with Crippen molar-refractivity contribution in [2.45, 2.75) is 97.7 Å².